The van der Waals surface area contributed by atoms with Crippen LogP contribution in [-0.2, 0) is 6.42 Å². The molecule has 3 rings (SSSR count). The lowest BCUT2D eigenvalue weighted by atomic mass is 9.85. The first-order chi connectivity index (χ1) is 7.81. The quantitative estimate of drug-likeness (QED) is 0.739. The minimum absolute atomic E-state index is 0.123. The van der Waals surface area contributed by atoms with Crippen LogP contribution in [0.15, 0.2) is 18.2 Å². The minimum atomic E-state index is -0.123. The predicted molar refractivity (Wildman–Crippen MR) is 64.2 cm³/mol. The molecule has 0 saturated carbocycles. The van der Waals surface area contributed by atoms with E-state index in [0.29, 0.717) is 11.4 Å². The number of rotatable bonds is 1. The summed E-state index contributed by atoms with van der Waals surface area (Å²) in [5, 5.41) is 1.09. The van der Waals surface area contributed by atoms with E-state index in [0.717, 1.165) is 18.2 Å². The van der Waals surface area contributed by atoms with Crippen LogP contribution in [0.4, 0.5) is 4.39 Å². The number of nitrogens with one attached hydrogen (secondary N) is 1. The van der Waals surface area contributed by atoms with Crippen molar-refractivity contribution in [2.24, 2.45) is 0 Å². The summed E-state index contributed by atoms with van der Waals surface area (Å²) in [6, 6.07) is 5.37. The van der Waals surface area contributed by atoms with Gasteiger partial charge in [0, 0.05) is 11.1 Å². The second kappa shape index (κ2) is 3.62. The fraction of sp³-hybridized carbons (Fsp3) is 0.429. The van der Waals surface area contributed by atoms with Crippen molar-refractivity contribution in [1.29, 1.82) is 0 Å². The Morgan fingerprint density at radius 1 is 1.44 bits per heavy atom. The number of para-hydroxylation sites is 1. The SMILES string of the molecule is CCC1CCCc2c1[nH]c1c(F)cccc21. The number of aryl methyl sites for hydroxylation is 1. The molecule has 1 aromatic carbocycles. The molecule has 1 unspecified atom stereocenters. The Hall–Kier alpha value is -1.31. The molecule has 16 heavy (non-hydrogen) atoms. The summed E-state index contributed by atoms with van der Waals surface area (Å²) in [5.74, 6) is 0.470. The lowest BCUT2D eigenvalue weighted by molar-refractivity contribution is 0.532. The van der Waals surface area contributed by atoms with Gasteiger partial charge in [0.1, 0.15) is 5.82 Å². The van der Waals surface area contributed by atoms with Gasteiger partial charge >= 0.3 is 0 Å². The molecule has 0 saturated heterocycles. The number of fused-ring (bicyclic) bond motifs is 3. The first-order valence-corrected chi connectivity index (χ1v) is 6.10. The molecule has 1 heterocycles. The van der Waals surface area contributed by atoms with Crippen LogP contribution in [0.25, 0.3) is 10.9 Å². The second-order valence-corrected chi connectivity index (χ2v) is 4.68. The van der Waals surface area contributed by atoms with E-state index in [9.17, 15) is 4.39 Å². The Labute approximate surface area is 94.7 Å². The van der Waals surface area contributed by atoms with Gasteiger partial charge < -0.3 is 4.98 Å². The van der Waals surface area contributed by atoms with Gasteiger partial charge in [-0.15, -0.1) is 0 Å². The zero-order valence-electron chi connectivity index (χ0n) is 9.52. The third-order valence-corrected chi connectivity index (χ3v) is 3.80. The van der Waals surface area contributed by atoms with Gasteiger partial charge in [0.05, 0.1) is 5.52 Å². The van der Waals surface area contributed by atoms with Gasteiger partial charge in [0.25, 0.3) is 0 Å². The molecule has 1 nitrogen and oxygen atoms in total. The maximum Gasteiger partial charge on any atom is 0.147 e. The third-order valence-electron chi connectivity index (χ3n) is 3.80. The van der Waals surface area contributed by atoms with Crippen LogP contribution in [0.3, 0.4) is 0 Å². The summed E-state index contributed by atoms with van der Waals surface area (Å²) < 4.78 is 13.7. The number of hydrogen-bond donors (Lipinski definition) is 1. The molecule has 84 valence electrons. The fourth-order valence-corrected chi connectivity index (χ4v) is 2.95. The summed E-state index contributed by atoms with van der Waals surface area (Å²) in [4.78, 5) is 3.31. The van der Waals surface area contributed by atoms with Crippen LogP contribution in [-0.4, -0.2) is 4.98 Å². The molecular weight excluding hydrogens is 201 g/mol. The van der Waals surface area contributed by atoms with E-state index in [1.165, 1.54) is 30.2 Å². The van der Waals surface area contributed by atoms with Gasteiger partial charge in [0.2, 0.25) is 0 Å². The zero-order chi connectivity index (χ0) is 11.1. The van der Waals surface area contributed by atoms with Crippen molar-refractivity contribution in [3.05, 3.63) is 35.3 Å². The Balaban J connectivity index is 2.28. The molecule has 1 aliphatic rings. The summed E-state index contributed by atoms with van der Waals surface area (Å²) in [7, 11) is 0. The van der Waals surface area contributed by atoms with Crippen molar-refractivity contribution < 1.29 is 4.39 Å². The lowest BCUT2D eigenvalue weighted by Gasteiger charge is -2.20. The monoisotopic (exact) mass is 217 g/mol. The molecule has 0 radical (unpaired) electrons. The number of H-pyrrole nitrogens is 1. The first-order valence-electron chi connectivity index (χ1n) is 6.10. The zero-order valence-corrected chi connectivity index (χ0v) is 9.52. The molecule has 1 atom stereocenters. The van der Waals surface area contributed by atoms with E-state index in [2.05, 4.69) is 11.9 Å². The van der Waals surface area contributed by atoms with Crippen LogP contribution < -0.4 is 0 Å². The lowest BCUT2D eigenvalue weighted by Crippen LogP contribution is -2.07. The Kier molecular flexibility index (Phi) is 2.23. The molecule has 0 spiro atoms. The van der Waals surface area contributed by atoms with Crippen LogP contribution in [0, 0.1) is 5.82 Å². The average molecular weight is 217 g/mol. The van der Waals surface area contributed by atoms with Crippen LogP contribution in [0.2, 0.25) is 0 Å². The smallest absolute Gasteiger partial charge is 0.147 e. The predicted octanol–water partition coefficient (Wildman–Crippen LogP) is 4.14. The molecule has 0 bridgehead atoms. The summed E-state index contributed by atoms with van der Waals surface area (Å²) in [6.07, 6.45) is 4.70. The highest BCUT2D eigenvalue weighted by molar-refractivity contribution is 5.85. The average Bonchev–Trinajstić information content (AvgIpc) is 2.69. The molecule has 0 fully saturated rings. The van der Waals surface area contributed by atoms with Crippen molar-refractivity contribution in [2.75, 3.05) is 0 Å². The van der Waals surface area contributed by atoms with E-state index in [1.807, 2.05) is 6.07 Å². The summed E-state index contributed by atoms with van der Waals surface area (Å²) in [5.41, 5.74) is 3.34. The van der Waals surface area contributed by atoms with Crippen LogP contribution in [0.5, 0.6) is 0 Å². The molecule has 1 aliphatic carbocycles. The number of aromatic nitrogens is 1. The van der Waals surface area contributed by atoms with Gasteiger partial charge in [-0.25, -0.2) is 4.39 Å². The Morgan fingerprint density at radius 3 is 3.12 bits per heavy atom. The highest BCUT2D eigenvalue weighted by Gasteiger charge is 2.23. The van der Waals surface area contributed by atoms with Crippen molar-refractivity contribution in [2.45, 2.75) is 38.5 Å². The molecular formula is C14H16FN. The molecule has 2 aromatic rings. The van der Waals surface area contributed by atoms with Crippen molar-refractivity contribution >= 4 is 10.9 Å². The van der Waals surface area contributed by atoms with Crippen molar-refractivity contribution in [3.63, 3.8) is 0 Å². The molecule has 1 N–H and O–H groups in total. The minimum Gasteiger partial charge on any atom is -0.356 e. The highest BCUT2D eigenvalue weighted by Crippen LogP contribution is 2.37. The first kappa shape index (κ1) is 9.88. The topological polar surface area (TPSA) is 15.8 Å². The molecule has 0 amide bonds. The van der Waals surface area contributed by atoms with E-state index in [1.54, 1.807) is 6.07 Å². The van der Waals surface area contributed by atoms with Gasteiger partial charge in [0.15, 0.2) is 0 Å². The highest BCUT2D eigenvalue weighted by atomic mass is 19.1. The van der Waals surface area contributed by atoms with Crippen molar-refractivity contribution in [1.82, 2.24) is 4.98 Å². The number of aromatic amines is 1. The van der Waals surface area contributed by atoms with E-state index >= 15 is 0 Å². The second-order valence-electron chi connectivity index (χ2n) is 4.68. The van der Waals surface area contributed by atoms with Gasteiger partial charge in [-0.3, -0.25) is 0 Å². The summed E-state index contributed by atoms with van der Waals surface area (Å²) >= 11 is 0. The number of hydrogen-bond acceptors (Lipinski definition) is 0. The Bertz CT molecular complexity index is 527. The maximum atomic E-state index is 13.7. The van der Waals surface area contributed by atoms with E-state index in [-0.39, 0.29) is 5.82 Å². The molecule has 1 aromatic heterocycles. The van der Waals surface area contributed by atoms with Crippen LogP contribution in [0.1, 0.15) is 43.4 Å². The molecule has 0 aliphatic heterocycles. The third kappa shape index (κ3) is 1.29. The van der Waals surface area contributed by atoms with Gasteiger partial charge in [-0.1, -0.05) is 19.1 Å². The Morgan fingerprint density at radius 2 is 2.31 bits per heavy atom. The normalized spacial score (nSPS) is 20.0. The number of benzene rings is 1. The van der Waals surface area contributed by atoms with Gasteiger partial charge in [-0.05, 0) is 43.2 Å². The molecule has 2 heteroatoms. The van der Waals surface area contributed by atoms with E-state index in [4.69, 9.17) is 0 Å². The van der Waals surface area contributed by atoms with Gasteiger partial charge in [-0.2, -0.15) is 0 Å². The maximum absolute atomic E-state index is 13.7. The van der Waals surface area contributed by atoms with Crippen LogP contribution >= 0.6 is 0 Å². The number of halogens is 1. The largest absolute Gasteiger partial charge is 0.356 e. The van der Waals surface area contributed by atoms with E-state index < -0.39 is 0 Å². The fourth-order valence-electron chi connectivity index (χ4n) is 2.95. The summed E-state index contributed by atoms with van der Waals surface area (Å²) in [6.45, 7) is 2.21. The van der Waals surface area contributed by atoms with Crippen molar-refractivity contribution in [3.8, 4) is 0 Å². The standard InChI is InChI=1S/C14H16FN/c1-2-9-5-3-6-10-11-7-4-8-12(15)14(11)16-13(9)10/h4,7-9,16H,2-3,5-6H2,1H3.